The maximum Gasteiger partial charge on any atom is 0.129 e. The first-order valence-corrected chi connectivity index (χ1v) is 5.24. The highest BCUT2D eigenvalue weighted by atomic mass is 19.1. The minimum Gasteiger partial charge on any atom is -0.396 e. The molecule has 1 aromatic rings. The lowest BCUT2D eigenvalue weighted by Crippen LogP contribution is -2.05. The number of aliphatic hydroxyl groups is 1. The first-order valence-electron chi connectivity index (χ1n) is 5.24. The molecule has 1 unspecified atom stereocenters. The number of hydrogen-bond acceptors (Lipinski definition) is 1. The molecule has 0 radical (unpaired) electrons. The first kappa shape index (κ1) is 14.0. The lowest BCUT2D eigenvalue weighted by Gasteiger charge is -2.12. The van der Waals surface area contributed by atoms with Gasteiger partial charge in [0.15, 0.2) is 0 Å². The number of aliphatic hydroxyl groups excluding tert-OH is 1. The number of halogens is 2. The second-order valence-corrected chi connectivity index (χ2v) is 2.95. The highest BCUT2D eigenvalue weighted by Crippen LogP contribution is 2.22. The maximum absolute atomic E-state index is 13.1. The molecule has 0 aliphatic rings. The second kappa shape index (κ2) is 7.35. The predicted molar refractivity (Wildman–Crippen MR) is 57.8 cm³/mol. The number of hydrogen-bond donors (Lipinski definition) is 1. The van der Waals surface area contributed by atoms with Gasteiger partial charge in [0.2, 0.25) is 0 Å². The van der Waals surface area contributed by atoms with E-state index in [0.29, 0.717) is 12.0 Å². The zero-order valence-electron chi connectivity index (χ0n) is 9.43. The molecule has 0 aromatic heterocycles. The third-order valence-electron chi connectivity index (χ3n) is 2.12. The van der Waals surface area contributed by atoms with Gasteiger partial charge in [-0.05, 0) is 18.1 Å². The zero-order chi connectivity index (χ0) is 11.8. The third-order valence-corrected chi connectivity index (χ3v) is 2.12. The summed E-state index contributed by atoms with van der Waals surface area (Å²) in [4.78, 5) is 0. The van der Waals surface area contributed by atoms with Gasteiger partial charge < -0.3 is 5.11 Å². The van der Waals surface area contributed by atoms with Gasteiger partial charge in [-0.25, -0.2) is 8.78 Å². The summed E-state index contributed by atoms with van der Waals surface area (Å²) < 4.78 is 25.6. The SMILES string of the molecule is CC.CCC(CO)c1ccc(F)cc1F. The van der Waals surface area contributed by atoms with Gasteiger partial charge >= 0.3 is 0 Å². The summed E-state index contributed by atoms with van der Waals surface area (Å²) in [5.74, 6) is -1.41. The standard InChI is InChI=1S/C10H12F2O.C2H6/c1-2-7(6-13)9-4-3-8(11)5-10(9)12;1-2/h3-5,7,13H,2,6H2,1H3;1-2H3. The van der Waals surface area contributed by atoms with Gasteiger partial charge in [-0.3, -0.25) is 0 Å². The fourth-order valence-electron chi connectivity index (χ4n) is 1.28. The van der Waals surface area contributed by atoms with Crippen LogP contribution in [0.3, 0.4) is 0 Å². The Labute approximate surface area is 89.8 Å². The molecule has 15 heavy (non-hydrogen) atoms. The smallest absolute Gasteiger partial charge is 0.129 e. The van der Waals surface area contributed by atoms with E-state index in [1.165, 1.54) is 12.1 Å². The zero-order valence-corrected chi connectivity index (χ0v) is 9.43. The summed E-state index contributed by atoms with van der Waals surface area (Å²) in [5.41, 5.74) is 0.381. The van der Waals surface area contributed by atoms with Crippen molar-refractivity contribution in [3.63, 3.8) is 0 Å². The molecule has 1 aromatic carbocycles. The van der Waals surface area contributed by atoms with Gasteiger partial charge in [0, 0.05) is 12.0 Å². The van der Waals surface area contributed by atoms with Crippen molar-refractivity contribution in [3.05, 3.63) is 35.4 Å². The van der Waals surface area contributed by atoms with E-state index < -0.39 is 11.6 Å². The van der Waals surface area contributed by atoms with Crippen molar-refractivity contribution in [2.75, 3.05) is 6.61 Å². The molecule has 0 bridgehead atoms. The van der Waals surface area contributed by atoms with Crippen LogP contribution in [0, 0.1) is 11.6 Å². The van der Waals surface area contributed by atoms with Crippen LogP contribution in [0.25, 0.3) is 0 Å². The summed E-state index contributed by atoms with van der Waals surface area (Å²) in [5, 5.41) is 8.91. The van der Waals surface area contributed by atoms with Crippen molar-refractivity contribution < 1.29 is 13.9 Å². The summed E-state index contributed by atoms with van der Waals surface area (Å²) in [6.07, 6.45) is 0.638. The minimum atomic E-state index is -0.589. The van der Waals surface area contributed by atoms with E-state index in [1.807, 2.05) is 20.8 Å². The van der Waals surface area contributed by atoms with Crippen molar-refractivity contribution in [3.8, 4) is 0 Å². The molecular formula is C12H18F2O. The van der Waals surface area contributed by atoms with Crippen LogP contribution in [0.1, 0.15) is 38.7 Å². The quantitative estimate of drug-likeness (QED) is 0.820. The van der Waals surface area contributed by atoms with Gasteiger partial charge in [-0.2, -0.15) is 0 Å². The molecule has 0 aliphatic carbocycles. The van der Waals surface area contributed by atoms with E-state index >= 15 is 0 Å². The van der Waals surface area contributed by atoms with Crippen LogP contribution in [0.2, 0.25) is 0 Å². The fourth-order valence-corrected chi connectivity index (χ4v) is 1.28. The Bertz CT molecular complexity index is 283. The van der Waals surface area contributed by atoms with Crippen molar-refractivity contribution in [2.45, 2.75) is 33.1 Å². The van der Waals surface area contributed by atoms with Crippen LogP contribution in [-0.4, -0.2) is 11.7 Å². The largest absolute Gasteiger partial charge is 0.396 e. The monoisotopic (exact) mass is 216 g/mol. The highest BCUT2D eigenvalue weighted by Gasteiger charge is 2.13. The van der Waals surface area contributed by atoms with Crippen molar-refractivity contribution >= 4 is 0 Å². The van der Waals surface area contributed by atoms with Crippen LogP contribution in [0.4, 0.5) is 8.78 Å². The van der Waals surface area contributed by atoms with Crippen molar-refractivity contribution in [1.82, 2.24) is 0 Å². The van der Waals surface area contributed by atoms with Gasteiger partial charge in [-0.15, -0.1) is 0 Å². The topological polar surface area (TPSA) is 20.2 Å². The molecule has 86 valence electrons. The highest BCUT2D eigenvalue weighted by molar-refractivity contribution is 5.22. The van der Waals surface area contributed by atoms with Crippen LogP contribution in [0.15, 0.2) is 18.2 Å². The second-order valence-electron chi connectivity index (χ2n) is 2.95. The summed E-state index contributed by atoms with van der Waals surface area (Å²) in [6, 6.07) is 3.43. The molecule has 1 atom stereocenters. The molecule has 0 heterocycles. The molecule has 0 aliphatic heterocycles. The predicted octanol–water partition coefficient (Wildman–Crippen LogP) is 3.48. The van der Waals surface area contributed by atoms with Gasteiger partial charge in [-0.1, -0.05) is 26.8 Å². The van der Waals surface area contributed by atoms with E-state index in [4.69, 9.17) is 5.11 Å². The van der Waals surface area contributed by atoms with Crippen LogP contribution in [0.5, 0.6) is 0 Å². The summed E-state index contributed by atoms with van der Waals surface area (Å²) >= 11 is 0. The summed E-state index contributed by atoms with van der Waals surface area (Å²) in [7, 11) is 0. The van der Waals surface area contributed by atoms with E-state index in [0.717, 1.165) is 6.07 Å². The Balaban J connectivity index is 0.000000921. The normalized spacial score (nSPS) is 11.6. The first-order chi connectivity index (χ1) is 7.19. The Morgan fingerprint density at radius 3 is 2.27 bits per heavy atom. The van der Waals surface area contributed by atoms with E-state index in [2.05, 4.69) is 0 Å². The lowest BCUT2D eigenvalue weighted by molar-refractivity contribution is 0.259. The van der Waals surface area contributed by atoms with Crippen LogP contribution in [-0.2, 0) is 0 Å². The Morgan fingerprint density at radius 1 is 1.27 bits per heavy atom. The van der Waals surface area contributed by atoms with Gasteiger partial charge in [0.1, 0.15) is 11.6 Å². The summed E-state index contributed by atoms with van der Waals surface area (Å²) in [6.45, 7) is 5.74. The Hall–Kier alpha value is -0.960. The lowest BCUT2D eigenvalue weighted by atomic mass is 9.97. The van der Waals surface area contributed by atoms with Crippen LogP contribution < -0.4 is 0 Å². The third kappa shape index (κ3) is 3.96. The average Bonchev–Trinajstić information content (AvgIpc) is 2.25. The van der Waals surface area contributed by atoms with E-state index in [9.17, 15) is 8.78 Å². The van der Waals surface area contributed by atoms with Gasteiger partial charge in [0.25, 0.3) is 0 Å². The minimum absolute atomic E-state index is 0.112. The van der Waals surface area contributed by atoms with Gasteiger partial charge in [0.05, 0.1) is 6.61 Å². The fraction of sp³-hybridized carbons (Fsp3) is 0.500. The molecule has 1 nitrogen and oxygen atoms in total. The van der Waals surface area contributed by atoms with E-state index in [-0.39, 0.29) is 12.5 Å². The Kier molecular flexibility index (Phi) is 6.88. The molecule has 0 amide bonds. The number of benzene rings is 1. The van der Waals surface area contributed by atoms with Crippen LogP contribution >= 0.6 is 0 Å². The van der Waals surface area contributed by atoms with Crippen molar-refractivity contribution in [1.29, 1.82) is 0 Å². The molecule has 0 saturated heterocycles. The number of rotatable bonds is 3. The average molecular weight is 216 g/mol. The van der Waals surface area contributed by atoms with E-state index in [1.54, 1.807) is 0 Å². The molecule has 0 spiro atoms. The van der Waals surface area contributed by atoms with Crippen molar-refractivity contribution in [2.24, 2.45) is 0 Å². The molecule has 0 saturated carbocycles. The Morgan fingerprint density at radius 2 is 1.87 bits per heavy atom. The maximum atomic E-state index is 13.1. The molecule has 3 heteroatoms. The molecular weight excluding hydrogens is 198 g/mol. The molecule has 1 rings (SSSR count). The molecule has 1 N–H and O–H groups in total. The molecule has 0 fully saturated rings.